The second kappa shape index (κ2) is 7.04. The molecule has 0 bridgehead atoms. The number of carbonyl (C=O) groups is 1. The molecule has 4 rings (SSSR count). The Hall–Kier alpha value is -0.570. The van der Waals surface area contributed by atoms with E-state index >= 15 is 0 Å². The third kappa shape index (κ3) is 2.98. The molecule has 9 atom stereocenters. The summed E-state index contributed by atoms with van der Waals surface area (Å²) in [5, 5.41) is 20.5. The van der Waals surface area contributed by atoms with E-state index < -0.39 is 5.97 Å². The average molecular weight is 377 g/mol. The molecular weight excluding hydrogens is 336 g/mol. The molecule has 2 N–H and O–H groups in total. The predicted octanol–water partition coefficient (Wildman–Crippen LogP) is 5.51. The Morgan fingerprint density at radius 2 is 1.70 bits per heavy atom. The number of rotatable bonds is 4. The monoisotopic (exact) mass is 376 g/mol. The van der Waals surface area contributed by atoms with E-state index in [1.807, 2.05) is 0 Å². The van der Waals surface area contributed by atoms with Crippen molar-refractivity contribution >= 4 is 5.97 Å². The fourth-order valence-electron chi connectivity index (χ4n) is 8.82. The van der Waals surface area contributed by atoms with E-state index in [1.54, 1.807) is 0 Å². The van der Waals surface area contributed by atoms with Gasteiger partial charge in [-0.25, -0.2) is 0 Å². The molecule has 0 aromatic carbocycles. The van der Waals surface area contributed by atoms with Gasteiger partial charge >= 0.3 is 5.97 Å². The number of carboxylic acids is 1. The van der Waals surface area contributed by atoms with E-state index in [0.717, 1.165) is 12.8 Å². The van der Waals surface area contributed by atoms with Crippen LogP contribution in [0.25, 0.3) is 0 Å². The molecule has 0 amide bonds. The van der Waals surface area contributed by atoms with Crippen LogP contribution in [0.3, 0.4) is 0 Å². The first-order chi connectivity index (χ1) is 12.8. The first-order valence-electron chi connectivity index (χ1n) is 11.7. The molecule has 4 fully saturated rings. The number of fused-ring (bicyclic) bond motifs is 5. The minimum absolute atomic E-state index is 0.131. The summed E-state index contributed by atoms with van der Waals surface area (Å²) >= 11 is 0. The number of aliphatic carboxylic acids is 1. The molecule has 0 aromatic heterocycles. The Morgan fingerprint density at radius 3 is 2.44 bits per heavy atom. The number of carboxylic acid groups (broad SMARTS) is 1. The molecule has 4 saturated carbocycles. The second-order valence-corrected chi connectivity index (χ2v) is 11.1. The number of hydrogen-bond donors (Lipinski definition) is 2. The van der Waals surface area contributed by atoms with Crippen molar-refractivity contribution in [1.82, 2.24) is 0 Å². The van der Waals surface area contributed by atoms with Gasteiger partial charge in [0.1, 0.15) is 0 Å². The molecule has 3 heteroatoms. The van der Waals surface area contributed by atoms with Gasteiger partial charge in [-0.3, -0.25) is 4.79 Å². The number of aliphatic hydroxyl groups excluding tert-OH is 1. The van der Waals surface area contributed by atoms with Crippen LogP contribution >= 0.6 is 0 Å². The van der Waals surface area contributed by atoms with Crippen molar-refractivity contribution < 1.29 is 15.0 Å². The zero-order valence-electron chi connectivity index (χ0n) is 17.6. The highest BCUT2D eigenvalue weighted by molar-refractivity contribution is 5.66. The van der Waals surface area contributed by atoms with Crippen molar-refractivity contribution in [3.05, 3.63) is 0 Å². The highest BCUT2D eigenvalue weighted by atomic mass is 16.4. The van der Waals surface area contributed by atoms with E-state index in [2.05, 4.69) is 20.8 Å². The van der Waals surface area contributed by atoms with Gasteiger partial charge in [0.2, 0.25) is 0 Å². The van der Waals surface area contributed by atoms with Gasteiger partial charge in [0.15, 0.2) is 0 Å². The summed E-state index contributed by atoms with van der Waals surface area (Å²) in [6, 6.07) is 0. The molecule has 3 nitrogen and oxygen atoms in total. The summed E-state index contributed by atoms with van der Waals surface area (Å²) in [5.41, 5.74) is 0.753. The Kier molecular flexibility index (Phi) is 5.15. The molecule has 0 saturated heterocycles. The standard InChI is InChI=1S/C24H40O3/c1-15-17-8-4-5-13-24(17,3)19-12-14-23(2)16(7-6-9-20(25)26)10-11-18(23)21(19)22(15)27/h15-19,21-22,27H,4-14H2,1-3H3,(H,25,26)/t15-,16?,17?,18?,19?,21?,22-,23?,24?/m1/s1. The number of aliphatic hydroxyl groups is 1. The van der Waals surface area contributed by atoms with Crippen molar-refractivity contribution in [2.45, 2.75) is 97.5 Å². The molecule has 154 valence electrons. The lowest BCUT2D eigenvalue weighted by Gasteiger charge is -2.64. The maximum absolute atomic E-state index is 11.4. The molecule has 0 heterocycles. The summed E-state index contributed by atoms with van der Waals surface area (Å²) in [6.07, 6.45) is 12.5. The van der Waals surface area contributed by atoms with Crippen LogP contribution in [-0.2, 0) is 4.79 Å². The SMILES string of the molecule is C[C@@H]1C2CCCCC2(C)C2CCC3(C)C(CCCC(=O)O)CCC3C2[C@@H]1O. The quantitative estimate of drug-likeness (QED) is 0.680. The third-order valence-electron chi connectivity index (χ3n) is 10.2. The van der Waals surface area contributed by atoms with Gasteiger partial charge in [-0.1, -0.05) is 33.6 Å². The lowest BCUT2D eigenvalue weighted by atomic mass is 9.42. The van der Waals surface area contributed by atoms with Crippen LogP contribution in [0.5, 0.6) is 0 Å². The first-order valence-corrected chi connectivity index (χ1v) is 11.7. The van der Waals surface area contributed by atoms with Crippen LogP contribution in [0.15, 0.2) is 0 Å². The summed E-state index contributed by atoms with van der Waals surface area (Å²) in [6.45, 7) is 7.39. The second-order valence-electron chi connectivity index (χ2n) is 11.1. The van der Waals surface area contributed by atoms with E-state index in [9.17, 15) is 9.90 Å². The number of hydrogen-bond acceptors (Lipinski definition) is 2. The van der Waals surface area contributed by atoms with Crippen molar-refractivity contribution in [3.8, 4) is 0 Å². The van der Waals surface area contributed by atoms with Gasteiger partial charge in [-0.05, 0) is 97.7 Å². The minimum Gasteiger partial charge on any atom is -0.481 e. The first kappa shape index (κ1) is 19.7. The van der Waals surface area contributed by atoms with Gasteiger partial charge in [0, 0.05) is 6.42 Å². The van der Waals surface area contributed by atoms with Crippen LogP contribution in [0.2, 0.25) is 0 Å². The predicted molar refractivity (Wildman–Crippen MR) is 107 cm³/mol. The minimum atomic E-state index is -0.661. The maximum Gasteiger partial charge on any atom is 0.303 e. The molecule has 0 radical (unpaired) electrons. The fraction of sp³-hybridized carbons (Fsp3) is 0.958. The molecule has 0 spiro atoms. The molecule has 27 heavy (non-hydrogen) atoms. The van der Waals surface area contributed by atoms with E-state index in [1.165, 1.54) is 51.4 Å². The van der Waals surface area contributed by atoms with Crippen LogP contribution in [0, 0.1) is 46.3 Å². The molecule has 0 aliphatic heterocycles. The van der Waals surface area contributed by atoms with Crippen molar-refractivity contribution in [2.75, 3.05) is 0 Å². The normalized spacial score (nSPS) is 51.9. The largest absolute Gasteiger partial charge is 0.481 e. The van der Waals surface area contributed by atoms with E-state index in [4.69, 9.17) is 5.11 Å². The summed E-state index contributed by atoms with van der Waals surface area (Å²) in [7, 11) is 0. The zero-order chi connectivity index (χ0) is 19.4. The zero-order valence-corrected chi connectivity index (χ0v) is 17.6. The molecular formula is C24H40O3. The van der Waals surface area contributed by atoms with E-state index in [0.29, 0.717) is 52.8 Å². The topological polar surface area (TPSA) is 57.5 Å². The lowest BCUT2D eigenvalue weighted by molar-refractivity contribution is -0.188. The van der Waals surface area contributed by atoms with Crippen LogP contribution in [-0.4, -0.2) is 22.3 Å². The Balaban J connectivity index is 1.57. The summed E-state index contributed by atoms with van der Waals surface area (Å²) in [5.74, 6) is 2.95. The Bertz CT molecular complexity index is 574. The highest BCUT2D eigenvalue weighted by Crippen LogP contribution is 2.68. The summed E-state index contributed by atoms with van der Waals surface area (Å²) in [4.78, 5) is 10.9. The molecule has 4 aliphatic rings. The fourth-order valence-corrected chi connectivity index (χ4v) is 8.82. The highest BCUT2D eigenvalue weighted by Gasteiger charge is 2.63. The molecule has 0 aromatic rings. The molecule has 7 unspecified atom stereocenters. The summed E-state index contributed by atoms with van der Waals surface area (Å²) < 4.78 is 0. The third-order valence-corrected chi connectivity index (χ3v) is 10.2. The van der Waals surface area contributed by atoms with Gasteiger partial charge in [-0.15, -0.1) is 0 Å². The van der Waals surface area contributed by atoms with Crippen molar-refractivity contribution in [2.24, 2.45) is 46.3 Å². The Morgan fingerprint density at radius 1 is 0.963 bits per heavy atom. The lowest BCUT2D eigenvalue weighted by Crippen LogP contribution is -2.60. The van der Waals surface area contributed by atoms with Gasteiger partial charge in [-0.2, -0.15) is 0 Å². The Labute approximate surface area is 165 Å². The maximum atomic E-state index is 11.4. The van der Waals surface area contributed by atoms with Crippen molar-refractivity contribution in [1.29, 1.82) is 0 Å². The van der Waals surface area contributed by atoms with Gasteiger partial charge in [0.05, 0.1) is 6.10 Å². The van der Waals surface area contributed by atoms with E-state index in [-0.39, 0.29) is 6.10 Å². The smallest absolute Gasteiger partial charge is 0.303 e. The van der Waals surface area contributed by atoms with Crippen LogP contribution in [0.4, 0.5) is 0 Å². The molecule has 4 aliphatic carbocycles. The average Bonchev–Trinajstić information content (AvgIpc) is 2.95. The van der Waals surface area contributed by atoms with Crippen LogP contribution in [0.1, 0.15) is 91.4 Å². The van der Waals surface area contributed by atoms with Gasteiger partial charge < -0.3 is 10.2 Å². The van der Waals surface area contributed by atoms with Crippen LogP contribution < -0.4 is 0 Å². The van der Waals surface area contributed by atoms with Crippen molar-refractivity contribution in [3.63, 3.8) is 0 Å². The van der Waals surface area contributed by atoms with Gasteiger partial charge in [0.25, 0.3) is 0 Å².